The van der Waals surface area contributed by atoms with Crippen LogP contribution in [0.2, 0.25) is 0 Å². The first kappa shape index (κ1) is 13.8. The van der Waals surface area contributed by atoms with Crippen molar-refractivity contribution in [2.75, 3.05) is 0 Å². The summed E-state index contributed by atoms with van der Waals surface area (Å²) in [6, 6.07) is 2.61. The molecule has 2 nitrogen and oxygen atoms in total. The molecule has 19 heavy (non-hydrogen) atoms. The van der Waals surface area contributed by atoms with Crippen LogP contribution in [0.25, 0.3) is 0 Å². The summed E-state index contributed by atoms with van der Waals surface area (Å²) in [7, 11) is 0. The van der Waals surface area contributed by atoms with Gasteiger partial charge in [-0.1, -0.05) is 19.9 Å². The van der Waals surface area contributed by atoms with Gasteiger partial charge in [-0.25, -0.2) is 4.39 Å². The number of hydrogen-bond acceptors (Lipinski definition) is 1. The van der Waals surface area contributed by atoms with Crippen LogP contribution in [0.3, 0.4) is 0 Å². The van der Waals surface area contributed by atoms with Crippen LogP contribution in [0.1, 0.15) is 30.9 Å². The summed E-state index contributed by atoms with van der Waals surface area (Å²) in [5, 5.41) is 9.00. The summed E-state index contributed by atoms with van der Waals surface area (Å²) in [6.07, 6.45) is -4.74. The average Bonchev–Trinajstić information content (AvgIpc) is 2.79. The van der Waals surface area contributed by atoms with Gasteiger partial charge in [-0.3, -0.25) is 4.79 Å². The van der Waals surface area contributed by atoms with Crippen LogP contribution in [-0.2, 0) is 11.0 Å². The second-order valence-electron chi connectivity index (χ2n) is 5.35. The van der Waals surface area contributed by atoms with Crippen LogP contribution in [0, 0.1) is 17.2 Å². The highest BCUT2D eigenvalue weighted by atomic mass is 19.4. The van der Waals surface area contributed by atoms with E-state index < -0.39 is 40.8 Å². The fourth-order valence-corrected chi connectivity index (χ4v) is 2.68. The molecule has 1 saturated carbocycles. The Bertz CT molecular complexity index is 534. The number of rotatable bonds is 2. The van der Waals surface area contributed by atoms with Crippen LogP contribution in [0.5, 0.6) is 0 Å². The summed E-state index contributed by atoms with van der Waals surface area (Å²) in [5.41, 5.74) is -1.61. The Morgan fingerprint density at radius 2 is 1.89 bits per heavy atom. The molecular weight excluding hydrogens is 264 g/mol. The van der Waals surface area contributed by atoms with Crippen molar-refractivity contribution >= 4 is 5.97 Å². The minimum Gasteiger partial charge on any atom is -0.481 e. The van der Waals surface area contributed by atoms with Gasteiger partial charge in [0.1, 0.15) is 5.82 Å². The molecule has 0 spiro atoms. The molecule has 0 saturated heterocycles. The normalized spacial score (nSPS) is 25.2. The highest BCUT2D eigenvalue weighted by Gasteiger charge is 2.62. The molecule has 2 unspecified atom stereocenters. The van der Waals surface area contributed by atoms with Crippen molar-refractivity contribution in [3.63, 3.8) is 0 Å². The Labute approximate surface area is 107 Å². The molecule has 1 N–H and O–H groups in total. The summed E-state index contributed by atoms with van der Waals surface area (Å²) in [6.45, 7) is 3.40. The molecule has 1 aromatic rings. The quantitative estimate of drug-likeness (QED) is 0.837. The van der Waals surface area contributed by atoms with Crippen LogP contribution in [0.15, 0.2) is 18.2 Å². The van der Waals surface area contributed by atoms with Gasteiger partial charge in [-0.2, -0.15) is 13.2 Å². The molecule has 0 heterocycles. The molecule has 6 heteroatoms. The number of alkyl halides is 3. The van der Waals surface area contributed by atoms with Gasteiger partial charge in [0.05, 0.1) is 11.5 Å². The molecule has 0 aromatic heterocycles. The van der Waals surface area contributed by atoms with Crippen LogP contribution in [-0.4, -0.2) is 11.1 Å². The molecule has 1 aliphatic rings. The molecule has 0 bridgehead atoms. The van der Waals surface area contributed by atoms with Gasteiger partial charge in [0.25, 0.3) is 0 Å². The van der Waals surface area contributed by atoms with Crippen LogP contribution in [0.4, 0.5) is 17.6 Å². The largest absolute Gasteiger partial charge is 0.481 e. The lowest BCUT2D eigenvalue weighted by Gasteiger charge is -2.10. The Morgan fingerprint density at radius 1 is 1.32 bits per heavy atom. The fraction of sp³-hybridized carbons (Fsp3) is 0.462. The molecule has 0 radical (unpaired) electrons. The molecule has 0 aliphatic heterocycles. The van der Waals surface area contributed by atoms with E-state index >= 15 is 0 Å². The number of aliphatic carboxylic acids is 1. The van der Waals surface area contributed by atoms with E-state index in [0.29, 0.717) is 11.6 Å². The first-order chi connectivity index (χ1) is 8.56. The Balaban J connectivity index is 2.35. The first-order valence-electron chi connectivity index (χ1n) is 5.66. The molecule has 1 aromatic carbocycles. The number of benzene rings is 1. The minimum atomic E-state index is -4.74. The predicted molar refractivity (Wildman–Crippen MR) is 59.0 cm³/mol. The molecule has 0 amide bonds. The van der Waals surface area contributed by atoms with E-state index in [4.69, 9.17) is 5.11 Å². The van der Waals surface area contributed by atoms with Crippen LogP contribution >= 0.6 is 0 Å². The van der Waals surface area contributed by atoms with E-state index in [-0.39, 0.29) is 0 Å². The summed E-state index contributed by atoms with van der Waals surface area (Å²) in [4.78, 5) is 11.0. The monoisotopic (exact) mass is 276 g/mol. The van der Waals surface area contributed by atoms with Crippen molar-refractivity contribution in [1.29, 1.82) is 0 Å². The third-order valence-electron chi connectivity index (χ3n) is 3.75. The van der Waals surface area contributed by atoms with Gasteiger partial charge in [0, 0.05) is 5.92 Å². The second-order valence-corrected chi connectivity index (χ2v) is 5.35. The topological polar surface area (TPSA) is 37.3 Å². The fourth-order valence-electron chi connectivity index (χ4n) is 2.68. The third-order valence-corrected chi connectivity index (χ3v) is 3.75. The zero-order chi connectivity index (χ0) is 14.6. The van der Waals surface area contributed by atoms with Gasteiger partial charge in [0.2, 0.25) is 0 Å². The van der Waals surface area contributed by atoms with Crippen molar-refractivity contribution in [1.82, 2.24) is 0 Å². The van der Waals surface area contributed by atoms with Gasteiger partial charge in [-0.15, -0.1) is 0 Å². The average molecular weight is 276 g/mol. The standard InChI is InChI=1S/C13H12F4O2/c1-12(2)9(10(12)11(18)19)6-3-4-7(8(14)5-6)13(15,16)17/h3-5,9-10H,1-2H3,(H,18,19). The lowest BCUT2D eigenvalue weighted by Crippen LogP contribution is -2.08. The van der Waals surface area contributed by atoms with Crippen molar-refractivity contribution in [2.45, 2.75) is 25.9 Å². The van der Waals surface area contributed by atoms with Gasteiger partial charge in [-0.05, 0) is 23.1 Å². The Morgan fingerprint density at radius 3 is 2.26 bits per heavy atom. The van der Waals surface area contributed by atoms with E-state index in [2.05, 4.69) is 0 Å². The van der Waals surface area contributed by atoms with Crippen molar-refractivity contribution in [3.8, 4) is 0 Å². The van der Waals surface area contributed by atoms with E-state index in [1.807, 2.05) is 0 Å². The van der Waals surface area contributed by atoms with Gasteiger partial charge in [0.15, 0.2) is 0 Å². The van der Waals surface area contributed by atoms with E-state index in [1.54, 1.807) is 13.8 Å². The molecule has 1 aliphatic carbocycles. The number of hydrogen-bond donors (Lipinski definition) is 1. The Hall–Kier alpha value is -1.59. The second kappa shape index (κ2) is 3.95. The van der Waals surface area contributed by atoms with Crippen molar-refractivity contribution < 1.29 is 27.5 Å². The lowest BCUT2D eigenvalue weighted by molar-refractivity contribution is -0.140. The zero-order valence-electron chi connectivity index (χ0n) is 10.3. The smallest absolute Gasteiger partial charge is 0.419 e. The molecule has 1 fully saturated rings. The lowest BCUT2D eigenvalue weighted by atomic mass is 10.0. The number of carboxylic acids is 1. The van der Waals surface area contributed by atoms with Gasteiger partial charge >= 0.3 is 12.1 Å². The maximum absolute atomic E-state index is 13.4. The molecule has 104 valence electrons. The van der Waals surface area contributed by atoms with Gasteiger partial charge < -0.3 is 5.11 Å². The van der Waals surface area contributed by atoms with Crippen LogP contribution < -0.4 is 0 Å². The summed E-state index contributed by atoms with van der Waals surface area (Å²) >= 11 is 0. The highest BCUT2D eigenvalue weighted by molar-refractivity contribution is 5.77. The number of halogens is 4. The van der Waals surface area contributed by atoms with E-state index in [9.17, 15) is 22.4 Å². The van der Waals surface area contributed by atoms with E-state index in [0.717, 1.165) is 12.1 Å². The molecule has 2 atom stereocenters. The van der Waals surface area contributed by atoms with Crippen molar-refractivity contribution in [2.24, 2.45) is 11.3 Å². The van der Waals surface area contributed by atoms with Crippen molar-refractivity contribution in [3.05, 3.63) is 35.1 Å². The summed E-state index contributed by atoms with van der Waals surface area (Å²) < 4.78 is 50.7. The number of carbonyl (C=O) groups is 1. The third kappa shape index (κ3) is 2.19. The summed E-state index contributed by atoms with van der Waals surface area (Å²) in [5.74, 6) is -3.53. The maximum atomic E-state index is 13.4. The predicted octanol–water partition coefficient (Wildman–Crippen LogP) is 3.67. The zero-order valence-corrected chi connectivity index (χ0v) is 10.3. The SMILES string of the molecule is CC1(C)C(C(=O)O)C1c1ccc(C(F)(F)F)c(F)c1. The Kier molecular flexibility index (Phi) is 2.88. The number of carboxylic acid groups (broad SMARTS) is 1. The molecule has 2 rings (SSSR count). The minimum absolute atomic E-state index is 0.294. The molecular formula is C13H12F4O2. The maximum Gasteiger partial charge on any atom is 0.419 e. The highest BCUT2D eigenvalue weighted by Crippen LogP contribution is 2.64. The first-order valence-corrected chi connectivity index (χ1v) is 5.66. The van der Waals surface area contributed by atoms with E-state index in [1.165, 1.54) is 0 Å².